The Hall–Kier alpha value is -2.40. The highest BCUT2D eigenvalue weighted by molar-refractivity contribution is 7.21. The van der Waals surface area contributed by atoms with Crippen molar-refractivity contribution in [1.82, 2.24) is 19.9 Å². The second-order valence-corrected chi connectivity index (χ2v) is 12.7. The van der Waals surface area contributed by atoms with Gasteiger partial charge in [-0.25, -0.2) is 9.97 Å². The molecular weight excluding hydrogens is 500 g/mol. The Morgan fingerprint density at radius 3 is 2.42 bits per heavy atom. The van der Waals surface area contributed by atoms with E-state index in [2.05, 4.69) is 22.5 Å². The maximum Gasteiger partial charge on any atom is 0.225 e. The number of aromatic nitrogens is 4. The van der Waals surface area contributed by atoms with Gasteiger partial charge < -0.3 is 26.0 Å². The monoisotopic (exact) mass is 540 g/mol. The van der Waals surface area contributed by atoms with Crippen molar-refractivity contribution >= 4 is 33.3 Å². The molecule has 0 aliphatic heterocycles. The SMILES string of the molecule is Cc1nc(N[C@H](C)C2CCCCC2)nc(N[C@@H]2C[C@H](C(C)(C)O)[C@@H](O)[C@H]2O)c1-c1nc2c(C)nccc2s1. The van der Waals surface area contributed by atoms with E-state index in [1.165, 1.54) is 32.1 Å². The Bertz CT molecular complexity index is 1290. The Kier molecular flexibility index (Phi) is 7.61. The molecule has 10 heteroatoms. The molecule has 38 heavy (non-hydrogen) atoms. The fourth-order valence-corrected chi connectivity index (χ4v) is 7.21. The minimum absolute atomic E-state index is 0.239. The van der Waals surface area contributed by atoms with Crippen LogP contribution in [0.3, 0.4) is 0 Å². The summed E-state index contributed by atoms with van der Waals surface area (Å²) < 4.78 is 1.03. The fourth-order valence-electron chi connectivity index (χ4n) is 6.10. The van der Waals surface area contributed by atoms with E-state index in [4.69, 9.17) is 15.0 Å². The average Bonchev–Trinajstić information content (AvgIpc) is 3.42. The standard InChI is InChI=1S/C28H40N6O3S/c1-14(17-9-7-6-8-10-17)30-27-31-15(2)21(26-33-22-16(3)29-12-11-20(22)38-26)25(34-27)32-19-13-18(28(4,5)37)23(35)24(19)36/h11-12,14,17-19,23-24,35-37H,6-10,13H2,1-5H3,(H2,30,31,32,34)/t14-,18+,19-,23-,24+/m1/s1. The van der Waals surface area contributed by atoms with Crippen LogP contribution in [-0.4, -0.2) is 65.1 Å². The smallest absolute Gasteiger partial charge is 0.225 e. The maximum absolute atomic E-state index is 10.9. The highest BCUT2D eigenvalue weighted by Crippen LogP contribution is 2.40. The molecular formula is C28H40N6O3S. The Labute approximate surface area is 228 Å². The van der Waals surface area contributed by atoms with Gasteiger partial charge in [0.25, 0.3) is 0 Å². The zero-order valence-corrected chi connectivity index (χ0v) is 23.7. The number of hydrogen-bond donors (Lipinski definition) is 5. The summed E-state index contributed by atoms with van der Waals surface area (Å²) in [5, 5.41) is 40.0. The lowest BCUT2D eigenvalue weighted by Gasteiger charge is -2.29. The number of rotatable bonds is 7. The van der Waals surface area contributed by atoms with Crippen molar-refractivity contribution in [3.8, 4) is 10.6 Å². The van der Waals surface area contributed by atoms with Gasteiger partial charge in [-0.3, -0.25) is 4.98 Å². The van der Waals surface area contributed by atoms with Gasteiger partial charge in [0.15, 0.2) is 0 Å². The van der Waals surface area contributed by atoms with Gasteiger partial charge in [0, 0.05) is 18.2 Å². The normalized spacial score (nSPS) is 25.6. The molecule has 2 aliphatic rings. The van der Waals surface area contributed by atoms with Gasteiger partial charge in [0.05, 0.1) is 39.4 Å². The molecule has 5 atom stereocenters. The lowest BCUT2D eigenvalue weighted by molar-refractivity contribution is -0.0601. The number of fused-ring (bicyclic) bond motifs is 1. The largest absolute Gasteiger partial charge is 0.390 e. The molecule has 2 aliphatic carbocycles. The Morgan fingerprint density at radius 2 is 1.76 bits per heavy atom. The van der Waals surface area contributed by atoms with Gasteiger partial charge in [0.2, 0.25) is 5.95 Å². The predicted octanol–water partition coefficient (Wildman–Crippen LogP) is 4.44. The average molecular weight is 541 g/mol. The fraction of sp³-hybridized carbons (Fsp3) is 0.643. The number of pyridine rings is 1. The first-order valence-corrected chi connectivity index (χ1v) is 14.6. The molecule has 206 valence electrons. The summed E-state index contributed by atoms with van der Waals surface area (Å²) in [6.45, 7) is 9.44. The molecule has 3 aromatic heterocycles. The van der Waals surface area contributed by atoms with Crippen LogP contribution in [0.1, 0.15) is 70.7 Å². The Morgan fingerprint density at radius 1 is 1.03 bits per heavy atom. The molecule has 0 unspecified atom stereocenters. The van der Waals surface area contributed by atoms with Crippen LogP contribution in [0.25, 0.3) is 20.8 Å². The maximum atomic E-state index is 10.9. The second kappa shape index (κ2) is 10.6. The number of aryl methyl sites for hydroxylation is 2. The summed E-state index contributed by atoms with van der Waals surface area (Å²) in [7, 11) is 0. The second-order valence-electron chi connectivity index (χ2n) is 11.7. The van der Waals surface area contributed by atoms with Gasteiger partial charge >= 0.3 is 0 Å². The van der Waals surface area contributed by atoms with Crippen LogP contribution in [-0.2, 0) is 0 Å². The first-order chi connectivity index (χ1) is 18.0. The van der Waals surface area contributed by atoms with Gasteiger partial charge in [-0.2, -0.15) is 4.98 Å². The third-order valence-corrected chi connectivity index (χ3v) is 9.46. The van der Waals surface area contributed by atoms with Crippen molar-refractivity contribution in [2.24, 2.45) is 11.8 Å². The van der Waals surface area contributed by atoms with Gasteiger partial charge in [-0.1, -0.05) is 19.3 Å². The third-order valence-electron chi connectivity index (χ3n) is 8.42. The number of thiazole rings is 1. The van der Waals surface area contributed by atoms with Crippen LogP contribution in [0, 0.1) is 25.7 Å². The van der Waals surface area contributed by atoms with Crippen LogP contribution >= 0.6 is 11.3 Å². The number of hydrogen-bond acceptors (Lipinski definition) is 10. The molecule has 9 nitrogen and oxygen atoms in total. The van der Waals surface area contributed by atoms with Crippen molar-refractivity contribution in [1.29, 1.82) is 0 Å². The molecule has 0 saturated heterocycles. The summed E-state index contributed by atoms with van der Waals surface area (Å²) in [6.07, 6.45) is 6.34. The first-order valence-electron chi connectivity index (χ1n) is 13.8. The number of nitrogens with zero attached hydrogens (tertiary/aromatic N) is 4. The highest BCUT2D eigenvalue weighted by Gasteiger charge is 2.48. The van der Waals surface area contributed by atoms with E-state index in [9.17, 15) is 15.3 Å². The Balaban J connectivity index is 1.52. The van der Waals surface area contributed by atoms with Crippen molar-refractivity contribution in [3.63, 3.8) is 0 Å². The molecule has 3 heterocycles. The quantitative estimate of drug-likeness (QED) is 0.295. The van der Waals surface area contributed by atoms with Crippen LogP contribution in [0.5, 0.6) is 0 Å². The van der Waals surface area contributed by atoms with Gasteiger partial charge in [-0.15, -0.1) is 11.3 Å². The molecule has 0 bridgehead atoms. The molecule has 2 saturated carbocycles. The van der Waals surface area contributed by atoms with Crippen LogP contribution in [0.15, 0.2) is 12.3 Å². The van der Waals surface area contributed by atoms with E-state index in [0.29, 0.717) is 24.1 Å². The van der Waals surface area contributed by atoms with E-state index in [1.54, 1.807) is 31.4 Å². The van der Waals surface area contributed by atoms with E-state index in [-0.39, 0.29) is 6.04 Å². The molecule has 0 amide bonds. The third kappa shape index (κ3) is 5.36. The van der Waals surface area contributed by atoms with Crippen molar-refractivity contribution in [3.05, 3.63) is 23.7 Å². The van der Waals surface area contributed by atoms with Gasteiger partial charge in [-0.05, 0) is 65.9 Å². The molecule has 0 aromatic carbocycles. The lowest BCUT2D eigenvalue weighted by Crippen LogP contribution is -2.40. The molecule has 5 rings (SSSR count). The van der Waals surface area contributed by atoms with Gasteiger partial charge in [0.1, 0.15) is 22.4 Å². The van der Waals surface area contributed by atoms with E-state index in [0.717, 1.165) is 32.2 Å². The summed E-state index contributed by atoms with van der Waals surface area (Å²) in [5.41, 5.74) is 2.14. The first kappa shape index (κ1) is 27.2. The number of nitrogens with one attached hydrogen (secondary N) is 2. The molecule has 5 N–H and O–H groups in total. The summed E-state index contributed by atoms with van der Waals surface area (Å²) in [5.74, 6) is 1.22. The topological polar surface area (TPSA) is 136 Å². The summed E-state index contributed by atoms with van der Waals surface area (Å²) in [4.78, 5) is 19.0. The lowest BCUT2D eigenvalue weighted by atomic mass is 9.85. The van der Waals surface area contributed by atoms with E-state index >= 15 is 0 Å². The molecule has 0 radical (unpaired) electrons. The predicted molar refractivity (Wildman–Crippen MR) is 151 cm³/mol. The number of aliphatic hydroxyl groups is 3. The number of anilines is 2. The van der Waals surface area contributed by atoms with Crippen molar-refractivity contribution < 1.29 is 15.3 Å². The molecule has 0 spiro atoms. The van der Waals surface area contributed by atoms with E-state index < -0.39 is 29.8 Å². The van der Waals surface area contributed by atoms with Crippen molar-refractivity contribution in [2.45, 2.75) is 103 Å². The van der Waals surface area contributed by atoms with Crippen LogP contribution < -0.4 is 10.6 Å². The minimum atomic E-state index is -1.12. The molecule has 3 aromatic rings. The highest BCUT2D eigenvalue weighted by atomic mass is 32.1. The molecule has 2 fully saturated rings. The van der Waals surface area contributed by atoms with E-state index in [1.807, 2.05) is 19.9 Å². The van der Waals surface area contributed by atoms with Crippen LogP contribution in [0.2, 0.25) is 0 Å². The zero-order chi connectivity index (χ0) is 27.2. The summed E-state index contributed by atoms with van der Waals surface area (Å²) in [6, 6.07) is 1.71. The minimum Gasteiger partial charge on any atom is -0.390 e. The van der Waals surface area contributed by atoms with Crippen molar-refractivity contribution in [2.75, 3.05) is 10.6 Å². The summed E-state index contributed by atoms with van der Waals surface area (Å²) >= 11 is 1.56. The van der Waals surface area contributed by atoms with Crippen LogP contribution in [0.4, 0.5) is 11.8 Å². The zero-order valence-electron chi connectivity index (χ0n) is 22.9. The number of aliphatic hydroxyl groups excluding tert-OH is 2.